The molecule has 0 amide bonds. The number of rotatable bonds is 5. The lowest BCUT2D eigenvalue weighted by Crippen LogP contribution is -2.45. The van der Waals surface area contributed by atoms with Gasteiger partial charge in [-0.3, -0.25) is 4.90 Å². The van der Waals surface area contributed by atoms with E-state index in [1.165, 1.54) is 24.2 Å². The van der Waals surface area contributed by atoms with Gasteiger partial charge in [-0.1, -0.05) is 37.3 Å². The number of hydrogen-bond donors (Lipinski definition) is 1. The summed E-state index contributed by atoms with van der Waals surface area (Å²) in [5.74, 6) is 1.32. The Balaban J connectivity index is 2.02. The molecule has 2 nitrogen and oxygen atoms in total. The van der Waals surface area contributed by atoms with Gasteiger partial charge in [0.2, 0.25) is 0 Å². The van der Waals surface area contributed by atoms with Crippen molar-refractivity contribution < 1.29 is 0 Å². The van der Waals surface area contributed by atoms with Crippen LogP contribution in [0.3, 0.4) is 0 Å². The predicted molar refractivity (Wildman–Crippen MR) is 80.8 cm³/mol. The van der Waals surface area contributed by atoms with Crippen LogP contribution >= 0.6 is 11.8 Å². The third-order valence-electron chi connectivity index (χ3n) is 3.68. The summed E-state index contributed by atoms with van der Waals surface area (Å²) in [6, 6.07) is 11.4. The highest BCUT2D eigenvalue weighted by molar-refractivity contribution is 7.99. The minimum absolute atomic E-state index is 0.688. The molecule has 3 heteroatoms. The second-order valence-electron chi connectivity index (χ2n) is 5.03. The molecule has 2 unspecified atom stereocenters. The van der Waals surface area contributed by atoms with Crippen LogP contribution in [0.5, 0.6) is 0 Å². The van der Waals surface area contributed by atoms with Gasteiger partial charge in [-0.25, -0.2) is 0 Å². The highest BCUT2D eigenvalue weighted by Crippen LogP contribution is 2.29. The van der Waals surface area contributed by atoms with E-state index in [0.717, 1.165) is 24.9 Å². The largest absolute Gasteiger partial charge is 0.329 e. The third-order valence-corrected chi connectivity index (χ3v) is 5.04. The first kappa shape index (κ1) is 13.9. The Morgan fingerprint density at radius 3 is 2.78 bits per heavy atom. The molecule has 0 saturated carbocycles. The Labute approximate surface area is 115 Å². The van der Waals surface area contributed by atoms with Gasteiger partial charge in [0.25, 0.3) is 0 Å². The molecule has 0 spiro atoms. The van der Waals surface area contributed by atoms with E-state index in [4.69, 9.17) is 5.73 Å². The van der Waals surface area contributed by atoms with E-state index in [1.54, 1.807) is 0 Å². The second-order valence-corrected chi connectivity index (χ2v) is 6.52. The Bertz CT molecular complexity index is 342. The Morgan fingerprint density at radius 1 is 1.33 bits per heavy atom. The fourth-order valence-electron chi connectivity index (χ4n) is 2.73. The van der Waals surface area contributed by atoms with Crippen LogP contribution in [0.4, 0.5) is 0 Å². The van der Waals surface area contributed by atoms with Crippen molar-refractivity contribution >= 4 is 11.8 Å². The lowest BCUT2D eigenvalue weighted by atomic mass is 10.0. The zero-order valence-corrected chi connectivity index (χ0v) is 12.0. The molecule has 1 aliphatic rings. The van der Waals surface area contributed by atoms with Crippen molar-refractivity contribution in [3.8, 4) is 0 Å². The average Bonchev–Trinajstić information content (AvgIpc) is 2.40. The molecule has 0 aliphatic carbocycles. The molecule has 0 bridgehead atoms. The van der Waals surface area contributed by atoms with Crippen LogP contribution in [0.1, 0.15) is 25.3 Å². The molecular weight excluding hydrogens is 240 g/mol. The summed E-state index contributed by atoms with van der Waals surface area (Å²) in [6.45, 7) is 5.15. The summed E-state index contributed by atoms with van der Waals surface area (Å²) >= 11 is 2.11. The summed E-state index contributed by atoms with van der Waals surface area (Å²) in [7, 11) is 0. The molecular formula is C15H24N2S. The predicted octanol–water partition coefficient (Wildman–Crippen LogP) is 2.73. The van der Waals surface area contributed by atoms with Crippen LogP contribution in [-0.4, -0.2) is 35.0 Å². The molecule has 2 atom stereocenters. The zero-order chi connectivity index (χ0) is 12.8. The van der Waals surface area contributed by atoms with E-state index in [2.05, 4.69) is 53.9 Å². The molecule has 1 aromatic carbocycles. The molecule has 18 heavy (non-hydrogen) atoms. The Kier molecular flexibility index (Phi) is 5.54. The maximum absolute atomic E-state index is 5.79. The molecule has 0 radical (unpaired) electrons. The van der Waals surface area contributed by atoms with Crippen molar-refractivity contribution in [2.24, 2.45) is 5.73 Å². The van der Waals surface area contributed by atoms with Gasteiger partial charge in [-0.2, -0.15) is 11.8 Å². The highest BCUT2D eigenvalue weighted by atomic mass is 32.2. The van der Waals surface area contributed by atoms with Crippen LogP contribution < -0.4 is 5.73 Å². The highest BCUT2D eigenvalue weighted by Gasteiger charge is 2.27. The summed E-state index contributed by atoms with van der Waals surface area (Å²) in [6.07, 6.45) is 2.66. The normalized spacial score (nSPS) is 24.4. The molecule has 0 aromatic heterocycles. The molecule has 1 heterocycles. The zero-order valence-electron chi connectivity index (χ0n) is 11.2. The maximum Gasteiger partial charge on any atom is 0.0237 e. The van der Waals surface area contributed by atoms with E-state index in [-0.39, 0.29) is 0 Å². The fourth-order valence-corrected chi connectivity index (χ4v) is 3.97. The lowest BCUT2D eigenvalue weighted by Gasteiger charge is -2.38. The van der Waals surface area contributed by atoms with Gasteiger partial charge in [0.1, 0.15) is 0 Å². The van der Waals surface area contributed by atoms with Crippen LogP contribution in [0.25, 0.3) is 0 Å². The van der Waals surface area contributed by atoms with Gasteiger partial charge in [0.15, 0.2) is 0 Å². The topological polar surface area (TPSA) is 29.3 Å². The van der Waals surface area contributed by atoms with Crippen LogP contribution in [0.15, 0.2) is 30.3 Å². The number of nitrogens with zero attached hydrogens (tertiary/aromatic N) is 1. The SMILES string of the molecule is CC1SCCCC1N(CCN)Cc1ccccc1. The van der Waals surface area contributed by atoms with Gasteiger partial charge >= 0.3 is 0 Å². The Morgan fingerprint density at radius 2 is 2.11 bits per heavy atom. The van der Waals surface area contributed by atoms with Gasteiger partial charge in [0, 0.05) is 30.9 Å². The monoisotopic (exact) mass is 264 g/mol. The standard InChI is InChI=1S/C15H24N2S/c1-13-15(8-5-11-18-13)17(10-9-16)12-14-6-3-2-4-7-14/h2-4,6-7,13,15H,5,8-12,16H2,1H3. The van der Waals surface area contributed by atoms with Gasteiger partial charge in [0.05, 0.1) is 0 Å². The number of nitrogens with two attached hydrogens (primary N) is 1. The van der Waals surface area contributed by atoms with Crippen molar-refractivity contribution in [2.45, 2.75) is 37.6 Å². The number of benzene rings is 1. The van der Waals surface area contributed by atoms with Crippen LogP contribution in [0.2, 0.25) is 0 Å². The fraction of sp³-hybridized carbons (Fsp3) is 0.600. The van der Waals surface area contributed by atoms with Gasteiger partial charge in [-0.15, -0.1) is 0 Å². The minimum Gasteiger partial charge on any atom is -0.329 e. The maximum atomic E-state index is 5.79. The molecule has 2 N–H and O–H groups in total. The molecule has 1 saturated heterocycles. The van der Waals surface area contributed by atoms with Gasteiger partial charge in [-0.05, 0) is 24.2 Å². The average molecular weight is 264 g/mol. The second kappa shape index (κ2) is 7.17. The molecule has 1 aromatic rings. The van der Waals surface area contributed by atoms with Crippen LogP contribution in [-0.2, 0) is 6.54 Å². The number of thioether (sulfide) groups is 1. The minimum atomic E-state index is 0.688. The lowest BCUT2D eigenvalue weighted by molar-refractivity contribution is 0.178. The van der Waals surface area contributed by atoms with E-state index < -0.39 is 0 Å². The van der Waals surface area contributed by atoms with E-state index in [1.807, 2.05) is 0 Å². The molecule has 1 fully saturated rings. The smallest absolute Gasteiger partial charge is 0.0237 e. The summed E-state index contributed by atoms with van der Waals surface area (Å²) in [4.78, 5) is 2.58. The van der Waals surface area contributed by atoms with Crippen molar-refractivity contribution in [2.75, 3.05) is 18.8 Å². The third kappa shape index (κ3) is 3.74. The summed E-state index contributed by atoms with van der Waals surface area (Å²) < 4.78 is 0. The number of hydrogen-bond acceptors (Lipinski definition) is 3. The van der Waals surface area contributed by atoms with E-state index in [9.17, 15) is 0 Å². The van der Waals surface area contributed by atoms with E-state index in [0.29, 0.717) is 6.04 Å². The van der Waals surface area contributed by atoms with Crippen molar-refractivity contribution in [3.63, 3.8) is 0 Å². The van der Waals surface area contributed by atoms with E-state index >= 15 is 0 Å². The summed E-state index contributed by atoms with van der Waals surface area (Å²) in [5, 5.41) is 0.731. The molecule has 2 rings (SSSR count). The first-order valence-corrected chi connectivity index (χ1v) is 7.96. The summed E-state index contributed by atoms with van der Waals surface area (Å²) in [5.41, 5.74) is 7.18. The quantitative estimate of drug-likeness (QED) is 0.886. The van der Waals surface area contributed by atoms with Crippen molar-refractivity contribution in [3.05, 3.63) is 35.9 Å². The van der Waals surface area contributed by atoms with Crippen molar-refractivity contribution in [1.29, 1.82) is 0 Å². The first-order chi connectivity index (χ1) is 8.81. The molecule has 1 aliphatic heterocycles. The Hall–Kier alpha value is -0.510. The van der Waals surface area contributed by atoms with Gasteiger partial charge < -0.3 is 5.73 Å². The first-order valence-electron chi connectivity index (χ1n) is 6.91. The van der Waals surface area contributed by atoms with Crippen molar-refractivity contribution in [1.82, 2.24) is 4.90 Å². The van der Waals surface area contributed by atoms with Crippen LogP contribution in [0, 0.1) is 0 Å². The molecule has 100 valence electrons.